The first-order valence-electron chi connectivity index (χ1n) is 8.86. The van der Waals surface area contributed by atoms with Crippen LogP contribution in [0.2, 0.25) is 0 Å². The first kappa shape index (κ1) is 22.5. The summed E-state index contributed by atoms with van der Waals surface area (Å²) in [6, 6.07) is 7.63. The molecular weight excluding hydrogens is 387 g/mol. The van der Waals surface area contributed by atoms with Crippen molar-refractivity contribution in [2.45, 2.75) is 45.6 Å². The number of carbonyl (C=O) groups is 1. The third-order valence-electron chi connectivity index (χ3n) is 4.15. The van der Waals surface area contributed by atoms with Crippen molar-refractivity contribution in [1.29, 1.82) is 0 Å². The van der Waals surface area contributed by atoms with Crippen LogP contribution in [0.15, 0.2) is 36.4 Å². The van der Waals surface area contributed by atoms with E-state index in [1.807, 2.05) is 0 Å². The van der Waals surface area contributed by atoms with Crippen molar-refractivity contribution in [3.05, 3.63) is 58.7 Å². The first-order chi connectivity index (χ1) is 13.3. The monoisotopic (exact) mass is 411 g/mol. The Morgan fingerprint density at radius 2 is 1.76 bits per heavy atom. The van der Waals surface area contributed by atoms with Gasteiger partial charge in [-0.25, -0.2) is 4.79 Å². The van der Waals surface area contributed by atoms with Crippen LogP contribution in [-0.4, -0.2) is 23.9 Å². The second-order valence-electron chi connectivity index (χ2n) is 7.50. The lowest BCUT2D eigenvalue weighted by molar-refractivity contribution is -0.137. The maximum Gasteiger partial charge on any atom is 0.416 e. The highest BCUT2D eigenvalue weighted by molar-refractivity contribution is 5.86. The normalized spacial score (nSPS) is 13.0. The van der Waals surface area contributed by atoms with Crippen LogP contribution in [-0.2, 0) is 10.9 Å². The van der Waals surface area contributed by atoms with E-state index in [1.165, 1.54) is 7.11 Å². The molecular formula is C21H24F3NO4. The van der Waals surface area contributed by atoms with E-state index in [0.717, 1.165) is 18.2 Å². The van der Waals surface area contributed by atoms with Gasteiger partial charge in [-0.1, -0.05) is 12.1 Å². The van der Waals surface area contributed by atoms with Gasteiger partial charge in [0, 0.05) is 5.56 Å². The molecule has 2 rings (SSSR count). The highest BCUT2D eigenvalue weighted by Crippen LogP contribution is 2.38. The molecule has 8 heteroatoms. The van der Waals surface area contributed by atoms with Gasteiger partial charge in [-0.2, -0.15) is 13.2 Å². The van der Waals surface area contributed by atoms with E-state index in [-0.39, 0.29) is 11.3 Å². The summed E-state index contributed by atoms with van der Waals surface area (Å²) in [5.41, 5.74) is -0.900. The minimum Gasteiger partial charge on any atom is -0.496 e. The molecule has 0 spiro atoms. The Morgan fingerprint density at radius 1 is 1.10 bits per heavy atom. The van der Waals surface area contributed by atoms with Gasteiger partial charge >= 0.3 is 12.3 Å². The van der Waals surface area contributed by atoms with Crippen molar-refractivity contribution in [3.63, 3.8) is 0 Å². The summed E-state index contributed by atoms with van der Waals surface area (Å²) in [7, 11) is 1.46. The molecule has 29 heavy (non-hydrogen) atoms. The van der Waals surface area contributed by atoms with Crippen molar-refractivity contribution < 1.29 is 32.5 Å². The number of hydrogen-bond donors (Lipinski definition) is 2. The van der Waals surface area contributed by atoms with Gasteiger partial charge in [0.05, 0.1) is 18.4 Å². The minimum absolute atomic E-state index is 0.0157. The molecule has 2 N–H and O–H groups in total. The number of nitrogens with one attached hydrogen (secondary N) is 1. The van der Waals surface area contributed by atoms with Crippen LogP contribution in [0.5, 0.6) is 5.75 Å². The van der Waals surface area contributed by atoms with Gasteiger partial charge in [0.25, 0.3) is 0 Å². The summed E-state index contributed by atoms with van der Waals surface area (Å²) in [5, 5.41) is 13.3. The summed E-state index contributed by atoms with van der Waals surface area (Å²) in [4.78, 5) is 12.1. The fourth-order valence-electron chi connectivity index (χ4n) is 2.81. The quantitative estimate of drug-likeness (QED) is 0.702. The first-order valence-corrected chi connectivity index (χ1v) is 8.86. The van der Waals surface area contributed by atoms with Gasteiger partial charge in [-0.3, -0.25) is 5.32 Å². The fraction of sp³-hybridized carbons (Fsp3) is 0.381. The van der Waals surface area contributed by atoms with Crippen molar-refractivity contribution >= 4 is 11.8 Å². The Hall–Kier alpha value is -2.74. The summed E-state index contributed by atoms with van der Waals surface area (Å²) in [5.74, 6) is 0.482. The molecule has 158 valence electrons. The predicted octanol–water partition coefficient (Wildman–Crippen LogP) is 5.45. The number of aliphatic hydroxyl groups is 1. The molecule has 1 unspecified atom stereocenters. The molecule has 2 aromatic carbocycles. The van der Waals surface area contributed by atoms with Crippen LogP contribution < -0.4 is 10.1 Å². The highest BCUT2D eigenvalue weighted by Gasteiger charge is 2.32. The topological polar surface area (TPSA) is 67.8 Å². The molecule has 0 saturated heterocycles. The largest absolute Gasteiger partial charge is 0.496 e. The predicted molar refractivity (Wildman–Crippen MR) is 103 cm³/mol. The number of hydrogen-bond acceptors (Lipinski definition) is 4. The van der Waals surface area contributed by atoms with Crippen LogP contribution >= 0.6 is 0 Å². The third kappa shape index (κ3) is 5.63. The van der Waals surface area contributed by atoms with E-state index in [2.05, 4.69) is 5.32 Å². The molecule has 0 saturated carbocycles. The molecule has 0 fully saturated rings. The van der Waals surface area contributed by atoms with E-state index in [9.17, 15) is 23.1 Å². The van der Waals surface area contributed by atoms with Gasteiger partial charge in [0.2, 0.25) is 0 Å². The number of aliphatic hydroxyl groups excluding tert-OH is 1. The van der Waals surface area contributed by atoms with Crippen LogP contribution in [0, 0.1) is 6.92 Å². The van der Waals surface area contributed by atoms with Gasteiger partial charge < -0.3 is 14.6 Å². The summed E-state index contributed by atoms with van der Waals surface area (Å²) < 4.78 is 50.1. The average molecular weight is 411 g/mol. The number of ether oxygens (including phenoxy) is 2. The van der Waals surface area contributed by atoms with E-state index < -0.39 is 29.5 Å². The van der Waals surface area contributed by atoms with Gasteiger partial charge in [-0.15, -0.1) is 0 Å². The molecule has 0 bridgehead atoms. The molecule has 2 aromatic rings. The van der Waals surface area contributed by atoms with Crippen LogP contribution in [0.25, 0.3) is 0 Å². The lowest BCUT2D eigenvalue weighted by atomic mass is 9.94. The van der Waals surface area contributed by atoms with Crippen LogP contribution in [0.3, 0.4) is 0 Å². The number of halogens is 3. The van der Waals surface area contributed by atoms with E-state index >= 15 is 0 Å². The number of alkyl halides is 3. The molecule has 1 amide bonds. The highest BCUT2D eigenvalue weighted by atomic mass is 19.4. The number of anilines is 1. The van der Waals surface area contributed by atoms with Crippen LogP contribution in [0.4, 0.5) is 23.7 Å². The number of carbonyl (C=O) groups excluding carboxylic acids is 1. The summed E-state index contributed by atoms with van der Waals surface area (Å²) >= 11 is 0. The van der Waals surface area contributed by atoms with Gasteiger partial charge in [-0.05, 0) is 63.1 Å². The second kappa shape index (κ2) is 8.32. The third-order valence-corrected chi connectivity index (χ3v) is 4.15. The lowest BCUT2D eigenvalue weighted by Crippen LogP contribution is -2.27. The van der Waals surface area contributed by atoms with Crippen LogP contribution in [0.1, 0.15) is 49.1 Å². The SMILES string of the molecule is COc1cccc(C(O)c2cc(C(F)(F)F)ccc2NC(=O)OC(C)(C)C)c1C. The Morgan fingerprint density at radius 3 is 2.31 bits per heavy atom. The van der Waals surface area contributed by atoms with E-state index in [1.54, 1.807) is 45.9 Å². The smallest absolute Gasteiger partial charge is 0.416 e. The maximum absolute atomic E-state index is 13.2. The molecule has 0 heterocycles. The Balaban J connectivity index is 2.53. The number of benzene rings is 2. The summed E-state index contributed by atoms with van der Waals surface area (Å²) in [6.07, 6.45) is -6.88. The Labute approximate surface area is 167 Å². The number of methoxy groups -OCH3 is 1. The van der Waals surface area contributed by atoms with Crippen molar-refractivity contribution in [2.24, 2.45) is 0 Å². The lowest BCUT2D eigenvalue weighted by Gasteiger charge is -2.23. The minimum atomic E-state index is -4.61. The molecule has 0 radical (unpaired) electrons. The Bertz CT molecular complexity index is 888. The average Bonchev–Trinajstić information content (AvgIpc) is 2.59. The zero-order valence-electron chi connectivity index (χ0n) is 16.8. The maximum atomic E-state index is 13.2. The van der Waals surface area contributed by atoms with E-state index in [4.69, 9.17) is 9.47 Å². The fourth-order valence-corrected chi connectivity index (χ4v) is 2.81. The number of rotatable bonds is 4. The molecule has 5 nitrogen and oxygen atoms in total. The molecule has 0 aliphatic rings. The number of amides is 1. The molecule has 0 aliphatic carbocycles. The van der Waals surface area contributed by atoms with E-state index in [0.29, 0.717) is 16.9 Å². The zero-order chi connectivity index (χ0) is 22.0. The molecule has 0 aromatic heterocycles. The van der Waals surface area contributed by atoms with Gasteiger partial charge in [0.1, 0.15) is 17.5 Å². The van der Waals surface area contributed by atoms with Crippen molar-refractivity contribution in [2.75, 3.05) is 12.4 Å². The molecule has 1 atom stereocenters. The standard InChI is InChI=1S/C21H24F3NO4/c1-12-14(7-6-8-17(12)28-5)18(26)15-11-13(21(22,23)24)9-10-16(15)25-19(27)29-20(2,3)4/h6-11,18,26H,1-5H3,(H,25,27). The second-order valence-corrected chi connectivity index (χ2v) is 7.50. The zero-order valence-corrected chi connectivity index (χ0v) is 16.8. The van der Waals surface area contributed by atoms with Crippen molar-refractivity contribution in [3.8, 4) is 5.75 Å². The molecule has 0 aliphatic heterocycles. The Kier molecular flexibility index (Phi) is 6.47. The van der Waals surface area contributed by atoms with Gasteiger partial charge in [0.15, 0.2) is 0 Å². The summed E-state index contributed by atoms with van der Waals surface area (Å²) in [6.45, 7) is 6.67. The van der Waals surface area contributed by atoms with Crippen molar-refractivity contribution in [1.82, 2.24) is 0 Å².